The van der Waals surface area contributed by atoms with Gasteiger partial charge in [0.15, 0.2) is 27.4 Å². The minimum atomic E-state index is -1.04. The molecule has 2 aromatic carbocycles. The Hall–Kier alpha value is -4.06. The van der Waals surface area contributed by atoms with Gasteiger partial charge in [-0.05, 0) is 48.4 Å². The van der Waals surface area contributed by atoms with Gasteiger partial charge < -0.3 is 19.0 Å². The number of hydrogen-bond acceptors (Lipinski definition) is 10. The number of amides is 1. The maximum Gasteiger partial charge on any atom is 0.296 e. The van der Waals surface area contributed by atoms with Gasteiger partial charge in [-0.3, -0.25) is 14.5 Å². The van der Waals surface area contributed by atoms with Crippen molar-refractivity contribution in [3.8, 4) is 11.5 Å². The highest BCUT2D eigenvalue weighted by atomic mass is 35.5. The third-order valence-corrected chi connectivity index (χ3v) is 8.52. The molecule has 0 radical (unpaired) electrons. The van der Waals surface area contributed by atoms with Crippen molar-refractivity contribution in [2.45, 2.75) is 23.1 Å². The van der Waals surface area contributed by atoms with Crippen LogP contribution >= 0.6 is 34.7 Å². The van der Waals surface area contributed by atoms with Crippen LogP contribution in [-0.4, -0.2) is 40.2 Å². The normalized spacial score (nSPS) is 14.9. The van der Waals surface area contributed by atoms with E-state index in [9.17, 15) is 14.7 Å². The molecule has 41 heavy (non-hydrogen) atoms. The Bertz CT molecular complexity index is 1620. The molecule has 2 aromatic heterocycles. The Morgan fingerprint density at radius 3 is 2.76 bits per heavy atom. The first-order chi connectivity index (χ1) is 19.9. The SMILES string of the molecule is C=CCOc1ccc(C2C(C(=O)c3ccco3)=C(O)C(=O)N2c2nnc(SCc3ccccc3Cl)s2)cc1OCC. The van der Waals surface area contributed by atoms with E-state index in [1.54, 1.807) is 30.3 Å². The summed E-state index contributed by atoms with van der Waals surface area (Å²) < 4.78 is 17.4. The maximum atomic E-state index is 13.5. The number of halogens is 1. The van der Waals surface area contributed by atoms with E-state index in [4.69, 9.17) is 25.5 Å². The predicted molar refractivity (Wildman–Crippen MR) is 157 cm³/mol. The average Bonchev–Trinajstić information content (AvgIpc) is 3.73. The molecule has 0 fully saturated rings. The summed E-state index contributed by atoms with van der Waals surface area (Å²) in [6.07, 6.45) is 2.96. The monoisotopic (exact) mass is 609 g/mol. The number of ether oxygens (including phenoxy) is 2. The van der Waals surface area contributed by atoms with Gasteiger partial charge in [-0.15, -0.1) is 10.2 Å². The Kier molecular flexibility index (Phi) is 8.77. The minimum Gasteiger partial charge on any atom is -0.503 e. The Balaban J connectivity index is 1.53. The van der Waals surface area contributed by atoms with Gasteiger partial charge in [-0.25, -0.2) is 0 Å². The van der Waals surface area contributed by atoms with Crippen LogP contribution in [-0.2, 0) is 10.5 Å². The summed E-state index contributed by atoms with van der Waals surface area (Å²) in [5, 5.41) is 20.4. The second-order valence-electron chi connectivity index (χ2n) is 8.62. The quantitative estimate of drug-likeness (QED) is 0.0799. The number of aliphatic hydroxyl groups excluding tert-OH is 1. The van der Waals surface area contributed by atoms with Crippen molar-refractivity contribution in [3.63, 3.8) is 0 Å². The highest BCUT2D eigenvalue weighted by molar-refractivity contribution is 8.00. The molecule has 1 N–H and O–H groups in total. The number of carbonyl (C=O) groups excluding carboxylic acids is 2. The lowest BCUT2D eigenvalue weighted by Gasteiger charge is -2.24. The number of ketones is 1. The molecule has 0 bridgehead atoms. The van der Waals surface area contributed by atoms with Crippen LogP contribution in [0.1, 0.15) is 34.6 Å². The molecule has 5 rings (SSSR count). The molecule has 0 saturated heterocycles. The van der Waals surface area contributed by atoms with Crippen molar-refractivity contribution in [2.24, 2.45) is 0 Å². The number of Topliss-reactive ketones (excluding diaryl/α,β-unsaturated/α-hetero) is 1. The average molecular weight is 610 g/mol. The molecule has 0 saturated carbocycles. The number of benzene rings is 2. The number of anilines is 1. The third kappa shape index (κ3) is 5.88. The first-order valence-electron chi connectivity index (χ1n) is 12.5. The Morgan fingerprint density at radius 2 is 2.02 bits per heavy atom. The van der Waals surface area contributed by atoms with Crippen molar-refractivity contribution in [2.75, 3.05) is 18.1 Å². The van der Waals surface area contributed by atoms with Crippen LogP contribution in [0.2, 0.25) is 5.02 Å². The summed E-state index contributed by atoms with van der Waals surface area (Å²) in [6, 6.07) is 14.5. The van der Waals surface area contributed by atoms with E-state index in [0.717, 1.165) is 16.9 Å². The van der Waals surface area contributed by atoms with Crippen LogP contribution in [0.15, 0.2) is 93.6 Å². The van der Waals surface area contributed by atoms with Gasteiger partial charge in [-0.2, -0.15) is 0 Å². The second-order valence-corrected chi connectivity index (χ2v) is 11.2. The second kappa shape index (κ2) is 12.6. The summed E-state index contributed by atoms with van der Waals surface area (Å²) in [6.45, 7) is 6.11. The number of carbonyl (C=O) groups is 2. The molecule has 3 heterocycles. The van der Waals surface area contributed by atoms with Crippen LogP contribution < -0.4 is 14.4 Å². The Morgan fingerprint density at radius 1 is 1.20 bits per heavy atom. The van der Waals surface area contributed by atoms with Gasteiger partial charge in [0.1, 0.15) is 6.61 Å². The standard InChI is InChI=1S/C29H24ClN3O6S2/c1-3-13-38-20-12-11-17(15-22(20)37-4-2)24-23(25(34)21-10-7-14-39-21)26(35)27(36)33(24)28-31-32-29(41-28)40-16-18-8-5-6-9-19(18)30/h3,5-12,14-15,24,35H,1,4,13,16H2,2H3. The van der Waals surface area contributed by atoms with Crippen LogP contribution in [0.3, 0.4) is 0 Å². The summed E-state index contributed by atoms with van der Waals surface area (Å²) in [4.78, 5) is 28.3. The van der Waals surface area contributed by atoms with Crippen LogP contribution in [0.25, 0.3) is 0 Å². The minimum absolute atomic E-state index is 0.0181. The van der Waals surface area contributed by atoms with Crippen molar-refractivity contribution in [1.29, 1.82) is 0 Å². The zero-order chi connectivity index (χ0) is 28.9. The molecule has 4 aromatic rings. The van der Waals surface area contributed by atoms with E-state index < -0.39 is 23.5 Å². The molecule has 1 unspecified atom stereocenters. The zero-order valence-corrected chi connectivity index (χ0v) is 24.2. The predicted octanol–water partition coefficient (Wildman–Crippen LogP) is 6.82. The van der Waals surface area contributed by atoms with E-state index in [0.29, 0.717) is 38.8 Å². The first kappa shape index (κ1) is 28.5. The highest BCUT2D eigenvalue weighted by Gasteiger charge is 2.47. The number of rotatable bonds is 12. The van der Waals surface area contributed by atoms with Gasteiger partial charge in [0, 0.05) is 10.8 Å². The number of aliphatic hydroxyl groups is 1. The largest absolute Gasteiger partial charge is 0.503 e. The van der Waals surface area contributed by atoms with E-state index in [1.165, 1.54) is 29.0 Å². The molecular weight excluding hydrogens is 586 g/mol. The van der Waals surface area contributed by atoms with Crippen molar-refractivity contribution < 1.29 is 28.6 Å². The van der Waals surface area contributed by atoms with Crippen LogP contribution in [0.5, 0.6) is 11.5 Å². The number of hydrogen-bond donors (Lipinski definition) is 1. The lowest BCUT2D eigenvalue weighted by molar-refractivity contribution is -0.117. The molecule has 1 amide bonds. The summed E-state index contributed by atoms with van der Waals surface area (Å²) >= 11 is 8.86. The van der Waals surface area contributed by atoms with Gasteiger partial charge in [0.25, 0.3) is 5.91 Å². The molecule has 1 aliphatic rings. The fraction of sp³-hybridized carbons (Fsp3) is 0.172. The Labute approximate surface area is 249 Å². The van der Waals surface area contributed by atoms with Gasteiger partial charge >= 0.3 is 0 Å². The van der Waals surface area contributed by atoms with E-state index >= 15 is 0 Å². The first-order valence-corrected chi connectivity index (χ1v) is 14.7. The van der Waals surface area contributed by atoms with Gasteiger partial charge in [0.05, 0.1) is 24.5 Å². The fourth-order valence-corrected chi connectivity index (χ4v) is 6.39. The summed E-state index contributed by atoms with van der Waals surface area (Å²) in [7, 11) is 0. The lowest BCUT2D eigenvalue weighted by Crippen LogP contribution is -2.31. The molecule has 9 nitrogen and oxygen atoms in total. The summed E-state index contributed by atoms with van der Waals surface area (Å²) in [5.41, 5.74) is 1.28. The highest BCUT2D eigenvalue weighted by Crippen LogP contribution is 2.45. The third-order valence-electron chi connectivity index (χ3n) is 6.05. The topological polar surface area (TPSA) is 115 Å². The number of thioether (sulfide) groups is 1. The molecule has 0 spiro atoms. The molecule has 12 heteroatoms. The van der Waals surface area contributed by atoms with E-state index in [-0.39, 0.29) is 23.1 Å². The summed E-state index contributed by atoms with van der Waals surface area (Å²) in [5.74, 6) is -0.709. The number of aromatic nitrogens is 2. The number of nitrogens with zero attached hydrogens (tertiary/aromatic N) is 3. The molecular formula is C29H24ClN3O6S2. The maximum absolute atomic E-state index is 13.5. The van der Waals surface area contributed by atoms with Gasteiger partial charge in [-0.1, -0.05) is 71.6 Å². The number of furan rings is 1. The smallest absolute Gasteiger partial charge is 0.296 e. The molecule has 0 aliphatic carbocycles. The molecule has 1 atom stereocenters. The van der Waals surface area contributed by atoms with Crippen molar-refractivity contribution in [1.82, 2.24) is 10.2 Å². The van der Waals surface area contributed by atoms with E-state index in [2.05, 4.69) is 16.8 Å². The van der Waals surface area contributed by atoms with Crippen LogP contribution in [0, 0.1) is 0 Å². The molecule has 210 valence electrons. The zero-order valence-electron chi connectivity index (χ0n) is 21.8. The van der Waals surface area contributed by atoms with Crippen molar-refractivity contribution >= 4 is 51.5 Å². The lowest BCUT2D eigenvalue weighted by atomic mass is 9.95. The fourth-order valence-electron chi connectivity index (χ4n) is 4.23. The van der Waals surface area contributed by atoms with E-state index in [1.807, 2.05) is 31.2 Å². The molecule has 1 aliphatic heterocycles. The van der Waals surface area contributed by atoms with Crippen LogP contribution in [0.4, 0.5) is 5.13 Å². The van der Waals surface area contributed by atoms with Gasteiger partial charge in [0.2, 0.25) is 10.9 Å². The van der Waals surface area contributed by atoms with Crippen molar-refractivity contribution in [3.05, 3.63) is 107 Å².